The maximum absolute atomic E-state index is 8.81. The average Bonchev–Trinajstić information content (AvgIpc) is 2.58. The summed E-state index contributed by atoms with van der Waals surface area (Å²) in [7, 11) is 0. The Morgan fingerprint density at radius 3 is 2.67 bits per heavy atom. The molecular formula is C14H31N3O. The van der Waals surface area contributed by atoms with Crippen LogP contribution in [0.5, 0.6) is 0 Å². The van der Waals surface area contributed by atoms with Gasteiger partial charge in [-0.25, -0.2) is 0 Å². The molecule has 1 saturated heterocycles. The van der Waals surface area contributed by atoms with E-state index in [0.29, 0.717) is 12.6 Å². The van der Waals surface area contributed by atoms with E-state index in [0.717, 1.165) is 38.9 Å². The van der Waals surface area contributed by atoms with Crippen LogP contribution in [0, 0.1) is 0 Å². The first-order valence-electron chi connectivity index (χ1n) is 7.43. The molecule has 0 aromatic carbocycles. The molecule has 0 aromatic rings. The molecule has 1 aliphatic rings. The van der Waals surface area contributed by atoms with Crippen molar-refractivity contribution in [1.29, 1.82) is 0 Å². The van der Waals surface area contributed by atoms with Crippen LogP contribution in [0.15, 0.2) is 0 Å². The van der Waals surface area contributed by atoms with Crippen LogP contribution in [0.25, 0.3) is 0 Å². The molecule has 0 spiro atoms. The summed E-state index contributed by atoms with van der Waals surface area (Å²) in [5.41, 5.74) is 6.14. The third-order valence-electron chi connectivity index (χ3n) is 4.18. The van der Waals surface area contributed by atoms with E-state index in [9.17, 15) is 0 Å². The number of rotatable bonds is 7. The Kier molecular flexibility index (Phi) is 7.15. The van der Waals surface area contributed by atoms with Crippen molar-refractivity contribution in [3.05, 3.63) is 0 Å². The Morgan fingerprint density at radius 1 is 1.28 bits per heavy atom. The van der Waals surface area contributed by atoms with Gasteiger partial charge in [0.2, 0.25) is 0 Å². The van der Waals surface area contributed by atoms with Crippen LogP contribution < -0.4 is 11.1 Å². The van der Waals surface area contributed by atoms with E-state index in [2.05, 4.69) is 24.1 Å². The molecule has 18 heavy (non-hydrogen) atoms. The Morgan fingerprint density at radius 2 is 2.06 bits per heavy atom. The van der Waals surface area contributed by atoms with E-state index in [4.69, 9.17) is 10.8 Å². The van der Waals surface area contributed by atoms with Crippen molar-refractivity contribution in [2.75, 3.05) is 32.8 Å². The van der Waals surface area contributed by atoms with Gasteiger partial charge in [-0.05, 0) is 59.0 Å². The molecule has 0 aliphatic carbocycles. The second-order valence-electron chi connectivity index (χ2n) is 5.83. The number of likely N-dealkylation sites (tertiary alicyclic amines) is 1. The number of nitrogens with one attached hydrogen (secondary N) is 1. The van der Waals surface area contributed by atoms with E-state index in [-0.39, 0.29) is 5.54 Å². The van der Waals surface area contributed by atoms with Crippen molar-refractivity contribution < 1.29 is 5.11 Å². The van der Waals surface area contributed by atoms with Gasteiger partial charge in [-0.2, -0.15) is 0 Å². The quantitative estimate of drug-likeness (QED) is 0.594. The predicted molar refractivity (Wildman–Crippen MR) is 76.7 cm³/mol. The van der Waals surface area contributed by atoms with E-state index in [1.807, 2.05) is 0 Å². The summed E-state index contributed by atoms with van der Waals surface area (Å²) >= 11 is 0. The summed E-state index contributed by atoms with van der Waals surface area (Å²) in [5, 5.41) is 12.5. The fourth-order valence-electron chi connectivity index (χ4n) is 2.77. The van der Waals surface area contributed by atoms with Gasteiger partial charge in [0, 0.05) is 31.3 Å². The third-order valence-corrected chi connectivity index (χ3v) is 4.18. The molecule has 1 rings (SSSR count). The molecule has 4 heteroatoms. The highest BCUT2D eigenvalue weighted by atomic mass is 16.2. The van der Waals surface area contributed by atoms with Crippen molar-refractivity contribution in [1.82, 2.24) is 10.2 Å². The lowest BCUT2D eigenvalue weighted by Crippen LogP contribution is -2.52. The Bertz CT molecular complexity index is 223. The molecule has 0 radical (unpaired) electrons. The average molecular weight is 257 g/mol. The summed E-state index contributed by atoms with van der Waals surface area (Å²) in [5.74, 6) is 0. The zero-order chi connectivity index (χ0) is 13.4. The first-order valence-corrected chi connectivity index (χ1v) is 7.43. The second-order valence-corrected chi connectivity index (χ2v) is 5.83. The van der Waals surface area contributed by atoms with Crippen LogP contribution in [0.1, 0.15) is 46.0 Å². The first kappa shape index (κ1) is 15.9. The van der Waals surface area contributed by atoms with Crippen molar-refractivity contribution in [3.63, 3.8) is 0 Å². The van der Waals surface area contributed by atoms with Crippen LogP contribution in [-0.2, 0) is 0 Å². The number of aliphatic hydroxyl groups excluding tert-OH is 1. The topological polar surface area (TPSA) is 61.5 Å². The molecule has 1 aliphatic heterocycles. The number of unbranched alkanes of at least 4 members (excludes halogenated alkanes) is 1. The Balaban J connectivity index is 2.43. The minimum Gasteiger partial charge on any atom is -0.396 e. The van der Waals surface area contributed by atoms with E-state index in [1.54, 1.807) is 0 Å². The summed E-state index contributed by atoms with van der Waals surface area (Å²) in [4.78, 5) is 2.55. The van der Waals surface area contributed by atoms with Gasteiger partial charge in [0.25, 0.3) is 0 Å². The van der Waals surface area contributed by atoms with Gasteiger partial charge in [0.05, 0.1) is 0 Å². The smallest absolute Gasteiger partial charge is 0.0431 e. The van der Waals surface area contributed by atoms with E-state index in [1.165, 1.54) is 19.4 Å². The molecule has 0 bridgehead atoms. The van der Waals surface area contributed by atoms with Crippen molar-refractivity contribution in [3.8, 4) is 0 Å². The summed E-state index contributed by atoms with van der Waals surface area (Å²) in [6, 6.07) is 0.632. The largest absolute Gasteiger partial charge is 0.396 e. The lowest BCUT2D eigenvalue weighted by Gasteiger charge is -2.33. The molecule has 1 fully saturated rings. The lowest BCUT2D eigenvalue weighted by molar-refractivity contribution is 0.217. The monoisotopic (exact) mass is 257 g/mol. The molecular weight excluding hydrogens is 226 g/mol. The number of nitrogens with two attached hydrogens (primary N) is 1. The minimum absolute atomic E-state index is 0.124. The van der Waals surface area contributed by atoms with Crippen molar-refractivity contribution >= 4 is 0 Å². The van der Waals surface area contributed by atoms with Gasteiger partial charge < -0.3 is 21.1 Å². The van der Waals surface area contributed by atoms with Gasteiger partial charge in [0.1, 0.15) is 0 Å². The van der Waals surface area contributed by atoms with Crippen LogP contribution in [0.3, 0.4) is 0 Å². The zero-order valence-corrected chi connectivity index (χ0v) is 12.1. The second kappa shape index (κ2) is 8.10. The van der Waals surface area contributed by atoms with Gasteiger partial charge >= 0.3 is 0 Å². The Labute approximate surface area is 112 Å². The summed E-state index contributed by atoms with van der Waals surface area (Å²) < 4.78 is 0. The molecule has 4 nitrogen and oxygen atoms in total. The molecule has 108 valence electrons. The molecule has 1 atom stereocenters. The third kappa shape index (κ3) is 4.84. The molecule has 4 N–H and O–H groups in total. The van der Waals surface area contributed by atoms with E-state index >= 15 is 0 Å². The molecule has 0 saturated carbocycles. The standard InChI is InChI=1S/C14H31N3O/c1-13(2)17-9-5-6-14(12-15,7-10-17)16-8-3-4-11-18/h13,16,18H,3-12,15H2,1-2H3. The predicted octanol–water partition coefficient (Wildman–Crippen LogP) is 0.940. The maximum Gasteiger partial charge on any atom is 0.0431 e. The summed E-state index contributed by atoms with van der Waals surface area (Å²) in [6.07, 6.45) is 5.45. The first-order chi connectivity index (χ1) is 8.63. The van der Waals surface area contributed by atoms with Gasteiger partial charge in [-0.1, -0.05) is 0 Å². The molecule has 0 aromatic heterocycles. The van der Waals surface area contributed by atoms with Gasteiger partial charge in [-0.3, -0.25) is 0 Å². The minimum atomic E-state index is 0.124. The highest BCUT2D eigenvalue weighted by Crippen LogP contribution is 2.22. The fourth-order valence-corrected chi connectivity index (χ4v) is 2.77. The van der Waals surface area contributed by atoms with E-state index < -0.39 is 0 Å². The molecule has 1 heterocycles. The van der Waals surface area contributed by atoms with Crippen LogP contribution >= 0.6 is 0 Å². The fraction of sp³-hybridized carbons (Fsp3) is 1.00. The highest BCUT2D eigenvalue weighted by Gasteiger charge is 2.31. The molecule has 0 amide bonds. The maximum atomic E-state index is 8.81. The van der Waals surface area contributed by atoms with Crippen molar-refractivity contribution in [2.45, 2.75) is 57.5 Å². The number of hydrogen-bond acceptors (Lipinski definition) is 4. The number of nitrogens with zero attached hydrogens (tertiary/aromatic N) is 1. The highest BCUT2D eigenvalue weighted by molar-refractivity contribution is 4.92. The number of hydrogen-bond donors (Lipinski definition) is 3. The SMILES string of the molecule is CC(C)N1CCCC(CN)(NCCCCO)CC1. The van der Waals surface area contributed by atoms with Gasteiger partial charge in [-0.15, -0.1) is 0 Å². The van der Waals surface area contributed by atoms with Gasteiger partial charge in [0.15, 0.2) is 0 Å². The van der Waals surface area contributed by atoms with Crippen LogP contribution in [0.2, 0.25) is 0 Å². The normalized spacial score (nSPS) is 26.5. The lowest BCUT2D eigenvalue weighted by atomic mass is 9.90. The molecule has 1 unspecified atom stereocenters. The van der Waals surface area contributed by atoms with Crippen LogP contribution in [0.4, 0.5) is 0 Å². The van der Waals surface area contributed by atoms with Crippen molar-refractivity contribution in [2.24, 2.45) is 5.73 Å². The number of aliphatic hydroxyl groups is 1. The Hall–Kier alpha value is -0.160. The summed E-state index contributed by atoms with van der Waals surface area (Å²) in [6.45, 7) is 8.85. The zero-order valence-electron chi connectivity index (χ0n) is 12.1. The van der Waals surface area contributed by atoms with Crippen LogP contribution in [-0.4, -0.2) is 54.4 Å².